The molecule has 0 aromatic heterocycles. The molecule has 3 fully saturated rings. The van der Waals surface area contributed by atoms with Gasteiger partial charge >= 0.3 is 0 Å². The first-order valence-corrected chi connectivity index (χ1v) is 10.4. The van der Waals surface area contributed by atoms with E-state index in [-0.39, 0.29) is 5.91 Å². The van der Waals surface area contributed by atoms with Crippen molar-refractivity contribution in [1.82, 2.24) is 5.32 Å². The maximum absolute atomic E-state index is 12.3. The Labute approximate surface area is 152 Å². The number of nitrogens with one attached hydrogen (secondary N) is 2. The van der Waals surface area contributed by atoms with Crippen molar-refractivity contribution < 1.29 is 9.69 Å². The van der Waals surface area contributed by atoms with Gasteiger partial charge in [0.2, 0.25) is 5.91 Å². The third kappa shape index (κ3) is 4.44. The molecule has 1 amide bonds. The van der Waals surface area contributed by atoms with Gasteiger partial charge in [-0.2, -0.15) is 0 Å². The van der Waals surface area contributed by atoms with E-state index in [1.54, 1.807) is 4.90 Å². The van der Waals surface area contributed by atoms with E-state index in [0.29, 0.717) is 12.5 Å². The second kappa shape index (κ2) is 7.90. The number of fused-ring (bicyclic) bond motifs is 2. The number of quaternary nitrogens is 1. The quantitative estimate of drug-likeness (QED) is 0.819. The fourth-order valence-corrected chi connectivity index (χ4v) is 5.43. The van der Waals surface area contributed by atoms with Crippen molar-refractivity contribution in [2.24, 2.45) is 17.8 Å². The summed E-state index contributed by atoms with van der Waals surface area (Å²) in [5.74, 6) is 2.68. The van der Waals surface area contributed by atoms with Crippen LogP contribution in [-0.4, -0.2) is 19.0 Å². The van der Waals surface area contributed by atoms with Gasteiger partial charge in [0.15, 0.2) is 0 Å². The van der Waals surface area contributed by atoms with Gasteiger partial charge in [0.25, 0.3) is 0 Å². The second-order valence-electron chi connectivity index (χ2n) is 8.72. The van der Waals surface area contributed by atoms with Crippen LogP contribution in [0.2, 0.25) is 0 Å². The SMILES string of the molecule is O=C(C[C@@H]1C[C@@H]2CC[C@@H]1C2)NCc1ccc(C[NH+]2CCCCC2)cc1. The highest BCUT2D eigenvalue weighted by atomic mass is 16.1. The van der Waals surface area contributed by atoms with Crippen LogP contribution in [0.4, 0.5) is 0 Å². The molecule has 3 aliphatic rings. The molecule has 0 radical (unpaired) electrons. The van der Waals surface area contributed by atoms with Crippen molar-refractivity contribution in [1.29, 1.82) is 0 Å². The van der Waals surface area contributed by atoms with E-state index in [1.165, 1.54) is 69.2 Å². The van der Waals surface area contributed by atoms with E-state index < -0.39 is 0 Å². The van der Waals surface area contributed by atoms with Gasteiger partial charge in [-0.3, -0.25) is 4.79 Å². The van der Waals surface area contributed by atoms with Gasteiger partial charge in [-0.1, -0.05) is 30.7 Å². The first-order valence-electron chi connectivity index (χ1n) is 10.4. The number of carbonyl (C=O) groups is 1. The number of hydrogen-bond acceptors (Lipinski definition) is 1. The summed E-state index contributed by atoms with van der Waals surface area (Å²) in [4.78, 5) is 14.0. The van der Waals surface area contributed by atoms with Crippen LogP contribution in [0, 0.1) is 17.8 Å². The molecule has 25 heavy (non-hydrogen) atoms. The Balaban J connectivity index is 1.20. The molecule has 3 heteroatoms. The Hall–Kier alpha value is -1.35. The summed E-state index contributed by atoms with van der Waals surface area (Å²) in [6.07, 6.45) is 10.4. The predicted molar refractivity (Wildman–Crippen MR) is 100 cm³/mol. The van der Waals surface area contributed by atoms with Crippen LogP contribution in [0.25, 0.3) is 0 Å². The summed E-state index contributed by atoms with van der Waals surface area (Å²) in [6.45, 7) is 4.47. The Kier molecular flexibility index (Phi) is 5.40. The highest BCUT2D eigenvalue weighted by Crippen LogP contribution is 2.49. The van der Waals surface area contributed by atoms with E-state index in [1.807, 2.05) is 0 Å². The smallest absolute Gasteiger partial charge is 0.220 e. The molecule has 1 aromatic carbocycles. The lowest BCUT2D eigenvalue weighted by molar-refractivity contribution is -0.918. The fourth-order valence-electron chi connectivity index (χ4n) is 5.43. The highest BCUT2D eigenvalue weighted by molar-refractivity contribution is 5.76. The average Bonchev–Trinajstić information content (AvgIpc) is 3.25. The molecule has 3 nitrogen and oxygen atoms in total. The van der Waals surface area contributed by atoms with Crippen LogP contribution < -0.4 is 10.2 Å². The number of piperidine rings is 1. The predicted octanol–water partition coefficient (Wildman–Crippen LogP) is 2.70. The molecule has 2 bridgehead atoms. The van der Waals surface area contributed by atoms with Gasteiger partial charge in [0.05, 0.1) is 13.1 Å². The zero-order valence-corrected chi connectivity index (χ0v) is 15.4. The average molecular weight is 342 g/mol. The van der Waals surface area contributed by atoms with E-state index >= 15 is 0 Å². The summed E-state index contributed by atoms with van der Waals surface area (Å²) < 4.78 is 0. The minimum absolute atomic E-state index is 0.249. The molecule has 0 unspecified atom stereocenters. The minimum atomic E-state index is 0.249. The van der Waals surface area contributed by atoms with Crippen LogP contribution in [0.1, 0.15) is 62.5 Å². The summed E-state index contributed by atoms with van der Waals surface area (Å²) in [6, 6.07) is 8.88. The number of rotatable bonds is 6. The molecular weight excluding hydrogens is 308 g/mol. The maximum atomic E-state index is 12.3. The van der Waals surface area contributed by atoms with E-state index in [4.69, 9.17) is 0 Å². The molecule has 1 aliphatic heterocycles. The molecule has 2 aliphatic carbocycles. The lowest BCUT2D eigenvalue weighted by Crippen LogP contribution is -3.11. The molecule has 3 atom stereocenters. The number of hydrogen-bond donors (Lipinski definition) is 2. The lowest BCUT2D eigenvalue weighted by atomic mass is 9.86. The number of carbonyl (C=O) groups excluding carboxylic acids is 1. The number of benzene rings is 1. The van der Waals surface area contributed by atoms with Gasteiger partial charge in [0, 0.05) is 18.5 Å². The van der Waals surface area contributed by atoms with Gasteiger partial charge in [-0.25, -0.2) is 0 Å². The van der Waals surface area contributed by atoms with Crippen LogP contribution in [0.3, 0.4) is 0 Å². The summed E-state index contributed by atoms with van der Waals surface area (Å²) in [5, 5.41) is 3.14. The fraction of sp³-hybridized carbons (Fsp3) is 0.682. The van der Waals surface area contributed by atoms with Crippen LogP contribution in [0.15, 0.2) is 24.3 Å². The second-order valence-corrected chi connectivity index (χ2v) is 8.72. The number of amides is 1. The van der Waals surface area contributed by atoms with Crippen molar-refractivity contribution in [3.8, 4) is 0 Å². The van der Waals surface area contributed by atoms with Crippen molar-refractivity contribution in [2.75, 3.05) is 13.1 Å². The van der Waals surface area contributed by atoms with E-state index in [2.05, 4.69) is 29.6 Å². The molecule has 0 spiro atoms. The van der Waals surface area contributed by atoms with E-state index in [0.717, 1.165) is 24.8 Å². The topological polar surface area (TPSA) is 33.5 Å². The summed E-state index contributed by atoms with van der Waals surface area (Å²) in [7, 11) is 0. The molecule has 1 aromatic rings. The van der Waals surface area contributed by atoms with Gasteiger partial charge in [-0.15, -0.1) is 0 Å². The Morgan fingerprint density at radius 1 is 1.00 bits per heavy atom. The van der Waals surface area contributed by atoms with Crippen LogP contribution in [-0.2, 0) is 17.9 Å². The highest BCUT2D eigenvalue weighted by Gasteiger charge is 2.39. The van der Waals surface area contributed by atoms with Crippen molar-refractivity contribution in [2.45, 2.75) is 64.5 Å². The normalized spacial score (nSPS) is 29.0. The monoisotopic (exact) mass is 341 g/mol. The molecule has 1 heterocycles. The Morgan fingerprint density at radius 3 is 2.44 bits per heavy atom. The zero-order valence-electron chi connectivity index (χ0n) is 15.4. The zero-order chi connectivity index (χ0) is 17.1. The third-order valence-electron chi connectivity index (χ3n) is 6.86. The minimum Gasteiger partial charge on any atom is -0.352 e. The molecule has 4 rings (SSSR count). The Morgan fingerprint density at radius 2 is 1.76 bits per heavy atom. The first kappa shape index (κ1) is 17.1. The third-order valence-corrected chi connectivity index (χ3v) is 6.86. The van der Waals surface area contributed by atoms with Crippen LogP contribution in [0.5, 0.6) is 0 Å². The van der Waals surface area contributed by atoms with E-state index in [9.17, 15) is 4.79 Å². The standard InChI is InChI=1S/C22H32N2O/c25-22(14-21-13-19-8-9-20(21)12-19)23-15-17-4-6-18(7-5-17)16-24-10-2-1-3-11-24/h4-7,19-21H,1-3,8-16H2,(H,23,25)/p+1/t19-,20-,21+/m1/s1. The lowest BCUT2D eigenvalue weighted by Gasteiger charge is -2.23. The largest absolute Gasteiger partial charge is 0.352 e. The molecule has 2 N–H and O–H groups in total. The van der Waals surface area contributed by atoms with Gasteiger partial charge in [-0.05, 0) is 61.8 Å². The maximum Gasteiger partial charge on any atom is 0.220 e. The Bertz CT molecular complexity index is 576. The van der Waals surface area contributed by atoms with Gasteiger partial charge < -0.3 is 10.2 Å². The van der Waals surface area contributed by atoms with Crippen LogP contribution >= 0.6 is 0 Å². The summed E-state index contributed by atoms with van der Waals surface area (Å²) in [5.41, 5.74) is 2.65. The van der Waals surface area contributed by atoms with Crippen molar-refractivity contribution in [3.63, 3.8) is 0 Å². The molecule has 1 saturated heterocycles. The van der Waals surface area contributed by atoms with Crippen molar-refractivity contribution >= 4 is 5.91 Å². The number of likely N-dealkylation sites (tertiary alicyclic amines) is 1. The molecular formula is C22H33N2O+. The van der Waals surface area contributed by atoms with Gasteiger partial charge in [0.1, 0.15) is 6.54 Å². The van der Waals surface area contributed by atoms with Crippen molar-refractivity contribution in [3.05, 3.63) is 35.4 Å². The first-order chi connectivity index (χ1) is 12.3. The summed E-state index contributed by atoms with van der Waals surface area (Å²) >= 11 is 0. The molecule has 136 valence electrons. The molecule has 2 saturated carbocycles.